The summed E-state index contributed by atoms with van der Waals surface area (Å²) < 4.78 is 8.11. The molecule has 0 saturated heterocycles. The van der Waals surface area contributed by atoms with Crippen molar-refractivity contribution in [2.75, 3.05) is 7.11 Å². The van der Waals surface area contributed by atoms with Crippen LogP contribution in [0.5, 0.6) is 5.75 Å². The van der Waals surface area contributed by atoms with Crippen molar-refractivity contribution in [1.29, 1.82) is 0 Å². The molecule has 0 saturated carbocycles. The van der Waals surface area contributed by atoms with Crippen molar-refractivity contribution in [2.45, 2.75) is 38.1 Å². The molecule has 1 atom stereocenters. The van der Waals surface area contributed by atoms with E-state index in [4.69, 9.17) is 10.5 Å². The van der Waals surface area contributed by atoms with E-state index in [0.717, 1.165) is 31.6 Å². The van der Waals surface area contributed by atoms with Gasteiger partial charge in [0, 0.05) is 24.0 Å². The first kappa shape index (κ1) is 16.7. The number of benzene rings is 2. The zero-order valence-corrected chi connectivity index (χ0v) is 15.1. The van der Waals surface area contributed by atoms with Gasteiger partial charge in [0.15, 0.2) is 0 Å². The van der Waals surface area contributed by atoms with Crippen LogP contribution in [0, 0.1) is 0 Å². The first-order chi connectivity index (χ1) is 12.7. The number of nitrogens with two attached hydrogens (primary N) is 1. The van der Waals surface area contributed by atoms with Gasteiger partial charge in [-0.25, -0.2) is 0 Å². The molecule has 26 heavy (non-hydrogen) atoms. The quantitative estimate of drug-likeness (QED) is 0.732. The van der Waals surface area contributed by atoms with E-state index in [1.54, 1.807) is 7.11 Å². The fourth-order valence-electron chi connectivity index (χ4n) is 4.34. The topological polar surface area (TPSA) is 57.2 Å². The van der Waals surface area contributed by atoms with Crippen LogP contribution in [0.2, 0.25) is 0 Å². The summed E-state index contributed by atoms with van der Waals surface area (Å²) in [5.74, 6) is 1.06. The summed E-state index contributed by atoms with van der Waals surface area (Å²) >= 11 is 0. The number of hydrogen-bond acceptors (Lipinski definition) is 2. The molecule has 1 heterocycles. The van der Waals surface area contributed by atoms with Crippen molar-refractivity contribution in [3.63, 3.8) is 0 Å². The zero-order chi connectivity index (χ0) is 18.1. The number of rotatable bonds is 6. The predicted molar refractivity (Wildman–Crippen MR) is 104 cm³/mol. The molecule has 0 radical (unpaired) electrons. The second-order valence-corrected chi connectivity index (χ2v) is 7.03. The lowest BCUT2D eigenvalue weighted by atomic mass is 9.94. The molecule has 134 valence electrons. The highest BCUT2D eigenvalue weighted by Crippen LogP contribution is 2.46. The number of carbonyl (C=O) groups is 1. The average Bonchev–Trinajstić information content (AvgIpc) is 3.20. The van der Waals surface area contributed by atoms with Crippen LogP contribution in [0.1, 0.15) is 42.0 Å². The van der Waals surface area contributed by atoms with Gasteiger partial charge in [-0.1, -0.05) is 36.4 Å². The highest BCUT2D eigenvalue weighted by molar-refractivity contribution is 5.92. The molecular formula is C22H24N2O2. The number of nitrogens with zero attached hydrogens (tertiary/aromatic N) is 1. The summed E-state index contributed by atoms with van der Waals surface area (Å²) in [6.45, 7) is 0.850. The van der Waals surface area contributed by atoms with Crippen LogP contribution in [-0.4, -0.2) is 17.6 Å². The Morgan fingerprint density at radius 2 is 2.00 bits per heavy atom. The maximum atomic E-state index is 11.3. The third kappa shape index (κ3) is 2.85. The summed E-state index contributed by atoms with van der Waals surface area (Å²) in [6, 6.07) is 16.8. The van der Waals surface area contributed by atoms with Crippen molar-refractivity contribution in [3.05, 3.63) is 65.4 Å². The molecule has 0 fully saturated rings. The fourth-order valence-corrected chi connectivity index (χ4v) is 4.34. The maximum Gasteiger partial charge on any atom is 0.217 e. The van der Waals surface area contributed by atoms with E-state index in [0.29, 0.717) is 12.3 Å². The van der Waals surface area contributed by atoms with Gasteiger partial charge in [-0.3, -0.25) is 4.79 Å². The lowest BCUT2D eigenvalue weighted by Gasteiger charge is -2.12. The molecule has 1 aliphatic rings. The molecule has 1 amide bonds. The number of aromatic nitrogens is 1. The molecule has 0 aliphatic heterocycles. The van der Waals surface area contributed by atoms with Gasteiger partial charge < -0.3 is 15.0 Å². The molecule has 1 aliphatic carbocycles. The summed E-state index contributed by atoms with van der Waals surface area (Å²) in [5, 5.41) is 1.20. The molecule has 2 N–H and O–H groups in total. The molecule has 4 rings (SSSR count). The molecule has 1 unspecified atom stereocenters. The van der Waals surface area contributed by atoms with E-state index in [2.05, 4.69) is 41.0 Å². The van der Waals surface area contributed by atoms with Gasteiger partial charge in [0.1, 0.15) is 5.75 Å². The van der Waals surface area contributed by atoms with Crippen LogP contribution in [0.4, 0.5) is 0 Å². The summed E-state index contributed by atoms with van der Waals surface area (Å²) in [7, 11) is 1.73. The number of ether oxygens (including phenoxy) is 1. The van der Waals surface area contributed by atoms with E-state index in [1.165, 1.54) is 27.7 Å². The molecule has 1 aromatic heterocycles. The fraction of sp³-hybridized carbons (Fsp3) is 0.318. The number of carbonyl (C=O) groups excluding carboxylic acids is 1. The predicted octanol–water partition coefficient (Wildman–Crippen LogP) is 3.99. The van der Waals surface area contributed by atoms with Gasteiger partial charge in [0.05, 0.1) is 12.6 Å². The molecule has 0 bridgehead atoms. The Balaban J connectivity index is 1.84. The minimum atomic E-state index is -0.224. The zero-order valence-electron chi connectivity index (χ0n) is 15.1. The average molecular weight is 348 g/mol. The smallest absolute Gasteiger partial charge is 0.217 e. The minimum Gasteiger partial charge on any atom is -0.496 e. The maximum absolute atomic E-state index is 11.3. The third-order valence-corrected chi connectivity index (χ3v) is 5.48. The molecule has 4 nitrogen and oxygen atoms in total. The van der Waals surface area contributed by atoms with Gasteiger partial charge in [-0.05, 0) is 48.4 Å². The Labute approximate surface area is 153 Å². The monoisotopic (exact) mass is 348 g/mol. The second-order valence-electron chi connectivity index (χ2n) is 7.03. The number of methoxy groups -OCH3 is 1. The summed E-state index contributed by atoms with van der Waals surface area (Å²) in [4.78, 5) is 11.3. The van der Waals surface area contributed by atoms with Gasteiger partial charge in [-0.15, -0.1) is 0 Å². The molecule has 0 spiro atoms. The number of primary amides is 1. The van der Waals surface area contributed by atoms with Gasteiger partial charge in [-0.2, -0.15) is 0 Å². The Morgan fingerprint density at radius 3 is 2.73 bits per heavy atom. The van der Waals surface area contributed by atoms with Gasteiger partial charge >= 0.3 is 0 Å². The lowest BCUT2D eigenvalue weighted by Crippen LogP contribution is -2.11. The van der Waals surface area contributed by atoms with E-state index >= 15 is 0 Å². The van der Waals surface area contributed by atoms with Crippen LogP contribution >= 0.6 is 0 Å². The Hall–Kier alpha value is -2.75. The molecular weight excluding hydrogens is 324 g/mol. The largest absolute Gasteiger partial charge is 0.496 e. The summed E-state index contributed by atoms with van der Waals surface area (Å²) in [6.07, 6.45) is 3.35. The van der Waals surface area contributed by atoms with Crippen molar-refractivity contribution in [3.8, 4) is 5.75 Å². The van der Waals surface area contributed by atoms with Crippen LogP contribution in [0.15, 0.2) is 48.5 Å². The van der Waals surface area contributed by atoms with E-state index in [-0.39, 0.29) is 5.91 Å². The third-order valence-electron chi connectivity index (χ3n) is 5.48. The minimum absolute atomic E-state index is 0.224. The Kier molecular flexibility index (Phi) is 4.41. The van der Waals surface area contributed by atoms with Crippen LogP contribution in [0.3, 0.4) is 0 Å². The highest BCUT2D eigenvalue weighted by atomic mass is 16.5. The highest BCUT2D eigenvalue weighted by Gasteiger charge is 2.31. The standard InChI is InChI=1S/C22H24N2O2/c1-26-19-9-5-8-17-22(19)21-16(11-13-20(23)25)10-12-18(21)24(17)14-15-6-3-2-4-7-15/h2-9,16H,10-14H2,1H3,(H2,23,25). The Morgan fingerprint density at radius 1 is 1.19 bits per heavy atom. The van der Waals surface area contributed by atoms with E-state index in [1.807, 2.05) is 12.1 Å². The van der Waals surface area contributed by atoms with Gasteiger partial charge in [0.25, 0.3) is 0 Å². The van der Waals surface area contributed by atoms with E-state index < -0.39 is 0 Å². The molecule has 2 aromatic carbocycles. The SMILES string of the molecule is COc1cccc2c1c1c(n2Cc2ccccc2)CCC1CCC(N)=O. The van der Waals surface area contributed by atoms with Crippen LogP contribution in [-0.2, 0) is 17.8 Å². The van der Waals surface area contributed by atoms with Crippen molar-refractivity contribution < 1.29 is 9.53 Å². The second kappa shape index (κ2) is 6.87. The van der Waals surface area contributed by atoms with Gasteiger partial charge in [0.2, 0.25) is 5.91 Å². The van der Waals surface area contributed by atoms with Crippen molar-refractivity contribution >= 4 is 16.8 Å². The van der Waals surface area contributed by atoms with Crippen LogP contribution < -0.4 is 10.5 Å². The normalized spacial score (nSPS) is 16.0. The number of fused-ring (bicyclic) bond motifs is 3. The van der Waals surface area contributed by atoms with Crippen molar-refractivity contribution in [1.82, 2.24) is 4.57 Å². The molecule has 4 heteroatoms. The first-order valence-corrected chi connectivity index (χ1v) is 9.19. The van der Waals surface area contributed by atoms with E-state index in [9.17, 15) is 4.79 Å². The van der Waals surface area contributed by atoms with Crippen LogP contribution in [0.25, 0.3) is 10.9 Å². The lowest BCUT2D eigenvalue weighted by molar-refractivity contribution is -0.118. The number of hydrogen-bond donors (Lipinski definition) is 1. The Bertz CT molecular complexity index is 944. The number of amides is 1. The molecule has 3 aromatic rings. The van der Waals surface area contributed by atoms with Crippen molar-refractivity contribution in [2.24, 2.45) is 5.73 Å². The first-order valence-electron chi connectivity index (χ1n) is 9.19. The summed E-state index contributed by atoms with van der Waals surface area (Å²) in [5.41, 5.74) is 10.6.